The van der Waals surface area contributed by atoms with Gasteiger partial charge in [-0.1, -0.05) is 24.4 Å². The van der Waals surface area contributed by atoms with Crippen LogP contribution in [0.2, 0.25) is 0 Å². The Kier molecular flexibility index (Phi) is 5.02. The lowest BCUT2D eigenvalue weighted by Gasteiger charge is -2.29. The lowest BCUT2D eigenvalue weighted by atomic mass is 9.84. The first kappa shape index (κ1) is 15.7. The highest BCUT2D eigenvalue weighted by molar-refractivity contribution is 5.93. The van der Waals surface area contributed by atoms with Crippen molar-refractivity contribution in [2.75, 3.05) is 6.54 Å². The molecule has 0 saturated heterocycles. The van der Waals surface area contributed by atoms with Crippen LogP contribution < -0.4 is 11.1 Å². The molecule has 6 heteroatoms. The largest absolute Gasteiger partial charge is 0.355 e. The van der Waals surface area contributed by atoms with Crippen LogP contribution in [0.1, 0.15) is 42.6 Å². The summed E-state index contributed by atoms with van der Waals surface area (Å²) in [6.07, 6.45) is 9.32. The minimum absolute atomic E-state index is 0.00124. The second-order valence-electron chi connectivity index (χ2n) is 6.03. The number of nitrogens with one attached hydrogen (secondary N) is 1. The van der Waals surface area contributed by atoms with E-state index in [0.717, 1.165) is 18.4 Å². The fourth-order valence-electron chi connectivity index (χ4n) is 3.17. The van der Waals surface area contributed by atoms with E-state index in [-0.39, 0.29) is 17.6 Å². The van der Waals surface area contributed by atoms with E-state index in [1.54, 1.807) is 18.5 Å². The van der Waals surface area contributed by atoms with Gasteiger partial charge in [-0.25, -0.2) is 0 Å². The van der Waals surface area contributed by atoms with E-state index < -0.39 is 0 Å². The van der Waals surface area contributed by atoms with E-state index >= 15 is 0 Å². The second kappa shape index (κ2) is 7.37. The molecular formula is C17H22N4O2. The van der Waals surface area contributed by atoms with Crippen molar-refractivity contribution in [2.45, 2.75) is 38.1 Å². The number of aromatic nitrogens is 2. The maximum Gasteiger partial charge on any atom is 0.273 e. The predicted octanol–water partition coefficient (Wildman–Crippen LogP) is 2.37. The van der Waals surface area contributed by atoms with Crippen LogP contribution in [0.4, 0.5) is 0 Å². The molecule has 1 atom stereocenters. The van der Waals surface area contributed by atoms with Crippen molar-refractivity contribution < 1.29 is 9.32 Å². The van der Waals surface area contributed by atoms with Crippen LogP contribution in [0.5, 0.6) is 0 Å². The predicted molar refractivity (Wildman–Crippen MR) is 86.6 cm³/mol. The molecule has 23 heavy (non-hydrogen) atoms. The Hall–Kier alpha value is -2.21. The molecule has 0 aromatic carbocycles. The van der Waals surface area contributed by atoms with Crippen molar-refractivity contribution in [3.8, 4) is 11.3 Å². The van der Waals surface area contributed by atoms with Crippen LogP contribution in [0.15, 0.2) is 35.1 Å². The van der Waals surface area contributed by atoms with Crippen molar-refractivity contribution in [1.82, 2.24) is 15.5 Å². The van der Waals surface area contributed by atoms with E-state index in [2.05, 4.69) is 15.5 Å². The first-order valence-corrected chi connectivity index (χ1v) is 8.16. The van der Waals surface area contributed by atoms with Crippen LogP contribution in [0.3, 0.4) is 0 Å². The minimum atomic E-state index is -0.232. The minimum Gasteiger partial charge on any atom is -0.355 e. The molecule has 1 amide bonds. The summed E-state index contributed by atoms with van der Waals surface area (Å²) in [5.74, 6) is 0.762. The molecule has 1 aliphatic carbocycles. The lowest BCUT2D eigenvalue weighted by Crippen LogP contribution is -2.46. The van der Waals surface area contributed by atoms with Crippen LogP contribution >= 0.6 is 0 Å². The van der Waals surface area contributed by atoms with Gasteiger partial charge >= 0.3 is 0 Å². The molecule has 0 bridgehead atoms. The van der Waals surface area contributed by atoms with Gasteiger partial charge in [0.1, 0.15) is 0 Å². The van der Waals surface area contributed by atoms with Gasteiger partial charge in [0.05, 0.1) is 0 Å². The quantitative estimate of drug-likeness (QED) is 0.883. The summed E-state index contributed by atoms with van der Waals surface area (Å²) in [6, 6.07) is 5.31. The molecule has 1 saturated carbocycles. The Bertz CT molecular complexity index is 635. The van der Waals surface area contributed by atoms with Crippen molar-refractivity contribution in [2.24, 2.45) is 11.7 Å². The molecule has 0 radical (unpaired) electrons. The fourth-order valence-corrected chi connectivity index (χ4v) is 3.17. The number of carbonyl (C=O) groups excluding carboxylic acids is 1. The Labute approximate surface area is 135 Å². The van der Waals surface area contributed by atoms with Crippen molar-refractivity contribution in [3.05, 3.63) is 36.3 Å². The Morgan fingerprint density at radius 3 is 2.91 bits per heavy atom. The average molecular weight is 314 g/mol. The average Bonchev–Trinajstić information content (AvgIpc) is 3.11. The molecule has 6 nitrogen and oxygen atoms in total. The van der Waals surface area contributed by atoms with Crippen molar-refractivity contribution in [3.63, 3.8) is 0 Å². The van der Waals surface area contributed by atoms with Crippen LogP contribution in [-0.4, -0.2) is 28.6 Å². The zero-order chi connectivity index (χ0) is 16.1. The van der Waals surface area contributed by atoms with E-state index in [1.165, 1.54) is 19.3 Å². The van der Waals surface area contributed by atoms with E-state index in [1.807, 2.05) is 12.1 Å². The standard InChI is InChI=1S/C17H22N4O2/c18-10-15(12-5-2-1-3-6-12)20-17(22)14-9-16(23-21-14)13-7-4-8-19-11-13/h4,7-9,11-12,15H,1-3,5-6,10,18H2,(H,20,22). The molecule has 1 fully saturated rings. The zero-order valence-electron chi connectivity index (χ0n) is 13.1. The molecule has 122 valence electrons. The smallest absolute Gasteiger partial charge is 0.273 e. The highest BCUT2D eigenvalue weighted by Crippen LogP contribution is 2.26. The summed E-state index contributed by atoms with van der Waals surface area (Å²) in [5.41, 5.74) is 6.93. The highest BCUT2D eigenvalue weighted by atomic mass is 16.5. The number of carbonyl (C=O) groups is 1. The maximum atomic E-state index is 12.4. The summed E-state index contributed by atoms with van der Waals surface area (Å²) in [6.45, 7) is 0.448. The number of hydrogen-bond acceptors (Lipinski definition) is 5. The van der Waals surface area contributed by atoms with Crippen LogP contribution in [0, 0.1) is 5.92 Å². The number of hydrogen-bond donors (Lipinski definition) is 2. The SMILES string of the molecule is NCC(NC(=O)c1cc(-c2cccnc2)on1)C1CCCCC1. The third kappa shape index (κ3) is 3.76. The Morgan fingerprint density at radius 1 is 1.39 bits per heavy atom. The van der Waals surface area contributed by atoms with Gasteiger partial charge in [0, 0.05) is 36.6 Å². The van der Waals surface area contributed by atoms with Crippen LogP contribution in [-0.2, 0) is 0 Å². The Balaban J connectivity index is 1.67. The number of nitrogens with two attached hydrogens (primary N) is 1. The summed E-state index contributed by atoms with van der Waals surface area (Å²) in [4.78, 5) is 16.4. The Morgan fingerprint density at radius 2 is 2.22 bits per heavy atom. The second-order valence-corrected chi connectivity index (χ2v) is 6.03. The molecule has 2 aromatic heterocycles. The molecule has 3 N–H and O–H groups in total. The first-order chi connectivity index (χ1) is 11.3. The summed E-state index contributed by atoms with van der Waals surface area (Å²) < 4.78 is 5.25. The zero-order valence-corrected chi connectivity index (χ0v) is 13.1. The fraction of sp³-hybridized carbons (Fsp3) is 0.471. The summed E-state index contributed by atoms with van der Waals surface area (Å²) in [5, 5.41) is 6.88. The van der Waals surface area contributed by atoms with Gasteiger partial charge in [0.15, 0.2) is 11.5 Å². The number of pyridine rings is 1. The molecule has 0 spiro atoms. The van der Waals surface area contributed by atoms with Crippen molar-refractivity contribution in [1.29, 1.82) is 0 Å². The molecular weight excluding hydrogens is 292 g/mol. The van der Waals surface area contributed by atoms with Gasteiger partial charge in [-0.15, -0.1) is 0 Å². The molecule has 0 aliphatic heterocycles. The van der Waals surface area contributed by atoms with Crippen LogP contribution in [0.25, 0.3) is 11.3 Å². The number of nitrogens with zero attached hydrogens (tertiary/aromatic N) is 2. The van der Waals surface area contributed by atoms with Gasteiger partial charge in [0.25, 0.3) is 5.91 Å². The summed E-state index contributed by atoms with van der Waals surface area (Å²) in [7, 11) is 0. The summed E-state index contributed by atoms with van der Waals surface area (Å²) >= 11 is 0. The molecule has 3 rings (SSSR count). The first-order valence-electron chi connectivity index (χ1n) is 8.16. The number of rotatable bonds is 5. The molecule has 1 unspecified atom stereocenters. The van der Waals surface area contributed by atoms with Gasteiger partial charge in [-0.05, 0) is 30.9 Å². The highest BCUT2D eigenvalue weighted by Gasteiger charge is 2.25. The molecule has 2 aromatic rings. The van der Waals surface area contributed by atoms with Gasteiger partial charge < -0.3 is 15.6 Å². The molecule has 2 heterocycles. The lowest BCUT2D eigenvalue weighted by molar-refractivity contribution is 0.0906. The molecule has 1 aliphatic rings. The van der Waals surface area contributed by atoms with Crippen molar-refractivity contribution >= 4 is 5.91 Å². The van der Waals surface area contributed by atoms with Gasteiger partial charge in [-0.2, -0.15) is 0 Å². The third-order valence-corrected chi connectivity index (χ3v) is 4.48. The van der Waals surface area contributed by atoms with E-state index in [4.69, 9.17) is 10.3 Å². The monoisotopic (exact) mass is 314 g/mol. The maximum absolute atomic E-state index is 12.4. The normalized spacial score (nSPS) is 16.9. The van der Waals surface area contributed by atoms with Gasteiger partial charge in [-0.3, -0.25) is 9.78 Å². The number of amides is 1. The topological polar surface area (TPSA) is 94.0 Å². The van der Waals surface area contributed by atoms with Gasteiger partial charge in [0.2, 0.25) is 0 Å². The van der Waals surface area contributed by atoms with E-state index in [0.29, 0.717) is 18.2 Å². The van der Waals surface area contributed by atoms with E-state index in [9.17, 15) is 4.79 Å². The third-order valence-electron chi connectivity index (χ3n) is 4.48.